The predicted octanol–water partition coefficient (Wildman–Crippen LogP) is 3.19. The predicted molar refractivity (Wildman–Crippen MR) is 94.3 cm³/mol. The summed E-state index contributed by atoms with van der Waals surface area (Å²) < 4.78 is 5.36. The van der Waals surface area contributed by atoms with Crippen LogP contribution >= 0.6 is 0 Å². The van der Waals surface area contributed by atoms with Crippen molar-refractivity contribution in [3.63, 3.8) is 0 Å². The average molecular weight is 293 g/mol. The van der Waals surface area contributed by atoms with E-state index in [1.165, 1.54) is 11.1 Å². The Morgan fingerprint density at radius 1 is 1.45 bits per heavy atom. The van der Waals surface area contributed by atoms with Crippen LogP contribution < -0.4 is 5.46 Å². The van der Waals surface area contributed by atoms with Crippen molar-refractivity contribution in [2.24, 2.45) is 0 Å². The topological polar surface area (TPSA) is 12.5 Å². The molecule has 2 nitrogen and oxygen atoms in total. The van der Waals surface area contributed by atoms with Gasteiger partial charge in [-0.05, 0) is 37.5 Å². The number of benzene rings is 1. The lowest BCUT2D eigenvalue weighted by atomic mass is 9.86. The average Bonchev–Trinajstić information content (AvgIpc) is 2.74. The van der Waals surface area contributed by atoms with Gasteiger partial charge in [-0.3, -0.25) is 4.90 Å². The lowest BCUT2D eigenvalue weighted by Gasteiger charge is -2.34. The third-order valence-electron chi connectivity index (χ3n) is 4.66. The van der Waals surface area contributed by atoms with Gasteiger partial charge < -0.3 is 4.74 Å². The van der Waals surface area contributed by atoms with E-state index < -0.39 is 0 Å². The maximum atomic E-state index is 5.96. The largest absolute Gasteiger partial charge is 0.497 e. The van der Waals surface area contributed by atoms with E-state index in [9.17, 15) is 0 Å². The lowest BCUT2D eigenvalue weighted by Crippen LogP contribution is -2.37. The summed E-state index contributed by atoms with van der Waals surface area (Å²) in [4.78, 5) is 2.42. The van der Waals surface area contributed by atoms with Gasteiger partial charge in [-0.2, -0.15) is 0 Å². The van der Waals surface area contributed by atoms with Gasteiger partial charge in [0.25, 0.3) is 0 Å². The molecule has 1 aliphatic rings. The van der Waals surface area contributed by atoms with Crippen LogP contribution in [0.25, 0.3) is 0 Å². The van der Waals surface area contributed by atoms with Gasteiger partial charge in [0.2, 0.25) is 0 Å². The monoisotopic (exact) mass is 293 g/mol. The Morgan fingerprint density at radius 3 is 2.73 bits per heavy atom. The number of ether oxygens (including phenoxy) is 1. The molecule has 0 spiro atoms. The summed E-state index contributed by atoms with van der Waals surface area (Å²) >= 11 is 0. The molecule has 1 aliphatic heterocycles. The van der Waals surface area contributed by atoms with E-state index in [4.69, 9.17) is 12.6 Å². The van der Waals surface area contributed by atoms with Crippen LogP contribution in [0.5, 0.6) is 0 Å². The Labute approximate surface area is 135 Å². The Morgan fingerprint density at radius 2 is 2.14 bits per heavy atom. The minimum Gasteiger partial charge on any atom is -0.497 e. The maximum Gasteiger partial charge on any atom is 0.116 e. The molecule has 0 unspecified atom stereocenters. The van der Waals surface area contributed by atoms with E-state index in [-0.39, 0.29) is 5.54 Å². The van der Waals surface area contributed by atoms with Crippen LogP contribution in [0.2, 0.25) is 0 Å². The number of nitrogens with zero attached hydrogens (tertiary/aromatic N) is 1. The molecule has 0 aromatic heterocycles. The molecule has 2 radical (unpaired) electrons. The van der Waals surface area contributed by atoms with Gasteiger partial charge in [-0.25, -0.2) is 0 Å². The van der Waals surface area contributed by atoms with Crippen molar-refractivity contribution in [2.75, 3.05) is 13.7 Å². The standard InChI is InChI=1S/C19H24BNO/c1-7-13(2)17(14(3)22-6)12-21-11-15-8-9-16(20)10-18(15)19(21,4)5/h7-10H,1,3,11-12H2,2,4-6H3/b17-13+. The highest BCUT2D eigenvalue weighted by atomic mass is 16.5. The summed E-state index contributed by atoms with van der Waals surface area (Å²) in [5.74, 6) is 0.698. The molecule has 1 aromatic carbocycles. The molecule has 114 valence electrons. The summed E-state index contributed by atoms with van der Waals surface area (Å²) in [6.45, 7) is 16.1. The second-order valence-electron chi connectivity index (χ2n) is 6.32. The summed E-state index contributed by atoms with van der Waals surface area (Å²) in [6, 6.07) is 6.18. The van der Waals surface area contributed by atoms with E-state index in [0.717, 1.165) is 29.7 Å². The Hall–Kier alpha value is -1.74. The van der Waals surface area contributed by atoms with Crippen LogP contribution in [0.15, 0.2) is 54.3 Å². The number of allylic oxidation sites excluding steroid dienone is 2. The van der Waals surface area contributed by atoms with E-state index in [2.05, 4.69) is 44.0 Å². The van der Waals surface area contributed by atoms with Crippen molar-refractivity contribution in [3.8, 4) is 0 Å². The Kier molecular flexibility index (Phi) is 4.67. The zero-order chi connectivity index (χ0) is 16.5. The Balaban J connectivity index is 2.35. The molecule has 3 heteroatoms. The van der Waals surface area contributed by atoms with Crippen LogP contribution in [0.3, 0.4) is 0 Å². The molecule has 0 amide bonds. The van der Waals surface area contributed by atoms with Crippen molar-refractivity contribution in [3.05, 3.63) is 65.5 Å². The van der Waals surface area contributed by atoms with Crippen LogP contribution in [0.1, 0.15) is 31.9 Å². The summed E-state index contributed by atoms with van der Waals surface area (Å²) in [7, 11) is 7.62. The fraction of sp³-hybridized carbons (Fsp3) is 0.368. The molecule has 0 bridgehead atoms. The Bertz CT molecular complexity index is 643. The maximum absolute atomic E-state index is 5.96. The number of rotatable bonds is 5. The van der Waals surface area contributed by atoms with E-state index in [1.54, 1.807) is 7.11 Å². The molecule has 0 atom stereocenters. The molecule has 0 N–H and O–H groups in total. The molecule has 1 aromatic rings. The zero-order valence-electron chi connectivity index (χ0n) is 14.1. The smallest absolute Gasteiger partial charge is 0.116 e. The molecule has 0 fully saturated rings. The molecule has 1 heterocycles. The highest BCUT2D eigenvalue weighted by Gasteiger charge is 2.37. The molecular formula is C19H24BNO. The fourth-order valence-electron chi connectivity index (χ4n) is 3.00. The number of hydrogen-bond donors (Lipinski definition) is 0. The number of fused-ring (bicyclic) bond motifs is 1. The SMILES string of the molecule is [B]c1ccc2c(c1)C(C)(C)N(C/C(C(=C)OC)=C(/C)C=C)C2. The summed E-state index contributed by atoms with van der Waals surface area (Å²) in [5, 5.41) is 0. The molecule has 22 heavy (non-hydrogen) atoms. The molecule has 0 saturated heterocycles. The van der Waals surface area contributed by atoms with Gasteiger partial charge in [0.15, 0.2) is 0 Å². The van der Waals surface area contributed by atoms with Crippen molar-refractivity contribution in [1.82, 2.24) is 4.90 Å². The van der Waals surface area contributed by atoms with E-state index >= 15 is 0 Å². The van der Waals surface area contributed by atoms with Gasteiger partial charge in [0.1, 0.15) is 13.6 Å². The van der Waals surface area contributed by atoms with Crippen molar-refractivity contribution in [2.45, 2.75) is 32.9 Å². The van der Waals surface area contributed by atoms with Crippen LogP contribution in [-0.2, 0) is 16.8 Å². The lowest BCUT2D eigenvalue weighted by molar-refractivity contribution is 0.147. The second-order valence-corrected chi connectivity index (χ2v) is 6.32. The highest BCUT2D eigenvalue weighted by Crippen LogP contribution is 2.39. The van der Waals surface area contributed by atoms with Crippen molar-refractivity contribution < 1.29 is 4.74 Å². The van der Waals surface area contributed by atoms with E-state index in [0.29, 0.717) is 5.76 Å². The third-order valence-corrected chi connectivity index (χ3v) is 4.66. The molecule has 0 aliphatic carbocycles. The minimum atomic E-state index is -0.0779. The van der Waals surface area contributed by atoms with Gasteiger partial charge in [0, 0.05) is 24.2 Å². The second kappa shape index (κ2) is 6.17. The van der Waals surface area contributed by atoms with Crippen LogP contribution in [0.4, 0.5) is 0 Å². The first-order chi connectivity index (χ1) is 10.3. The quantitative estimate of drug-likeness (QED) is 0.469. The molecule has 0 saturated carbocycles. The molecular weight excluding hydrogens is 269 g/mol. The third kappa shape index (κ3) is 2.91. The van der Waals surface area contributed by atoms with Gasteiger partial charge in [-0.1, -0.05) is 42.9 Å². The molecule has 2 rings (SSSR count). The zero-order valence-corrected chi connectivity index (χ0v) is 14.1. The first kappa shape index (κ1) is 16.6. The number of hydrogen-bond acceptors (Lipinski definition) is 2. The van der Waals surface area contributed by atoms with Crippen molar-refractivity contribution in [1.29, 1.82) is 0 Å². The first-order valence-electron chi connectivity index (χ1n) is 7.50. The first-order valence-corrected chi connectivity index (χ1v) is 7.50. The fourth-order valence-corrected chi connectivity index (χ4v) is 3.00. The minimum absolute atomic E-state index is 0.0779. The van der Waals surface area contributed by atoms with Gasteiger partial charge in [0.05, 0.1) is 7.11 Å². The summed E-state index contributed by atoms with van der Waals surface area (Å²) in [6.07, 6.45) is 1.85. The highest BCUT2D eigenvalue weighted by molar-refractivity contribution is 6.32. The van der Waals surface area contributed by atoms with Crippen LogP contribution in [-0.4, -0.2) is 26.4 Å². The summed E-state index contributed by atoms with van der Waals surface area (Å²) in [5.41, 5.74) is 5.55. The van der Waals surface area contributed by atoms with Crippen molar-refractivity contribution >= 4 is 13.3 Å². The van der Waals surface area contributed by atoms with Gasteiger partial charge in [-0.15, -0.1) is 0 Å². The van der Waals surface area contributed by atoms with Crippen LogP contribution in [0, 0.1) is 0 Å². The number of methoxy groups -OCH3 is 1. The van der Waals surface area contributed by atoms with E-state index in [1.807, 2.05) is 19.1 Å². The normalized spacial score (nSPS) is 17.6. The van der Waals surface area contributed by atoms with Gasteiger partial charge >= 0.3 is 0 Å².